The van der Waals surface area contributed by atoms with Crippen molar-refractivity contribution < 1.29 is 13.2 Å². The van der Waals surface area contributed by atoms with E-state index in [1.807, 2.05) is 6.07 Å². The summed E-state index contributed by atoms with van der Waals surface area (Å²) < 4.78 is 27.4. The number of benzene rings is 2. The van der Waals surface area contributed by atoms with Gasteiger partial charge in [0.15, 0.2) is 0 Å². The molecule has 1 fully saturated rings. The first kappa shape index (κ1) is 18.5. The molecule has 0 aliphatic heterocycles. The van der Waals surface area contributed by atoms with E-state index in [4.69, 9.17) is 0 Å². The van der Waals surface area contributed by atoms with Crippen molar-refractivity contribution in [2.45, 2.75) is 43.5 Å². The third kappa shape index (κ3) is 4.43. The Balaban J connectivity index is 1.68. The van der Waals surface area contributed by atoms with Gasteiger partial charge in [-0.25, -0.2) is 8.42 Å². The van der Waals surface area contributed by atoms with Crippen LogP contribution in [0.1, 0.15) is 43.0 Å². The number of para-hydroxylation sites is 1. The normalized spacial score (nSPS) is 20.3. The van der Waals surface area contributed by atoms with Gasteiger partial charge in [0.25, 0.3) is 15.9 Å². The van der Waals surface area contributed by atoms with Crippen molar-refractivity contribution in [1.29, 1.82) is 0 Å². The SMILES string of the molecule is CC1CCCCC1NC(=O)c1ccc(S(=O)(=O)Nc2ccccc2)cc1. The van der Waals surface area contributed by atoms with Crippen LogP contribution in [-0.2, 0) is 10.0 Å². The van der Waals surface area contributed by atoms with E-state index >= 15 is 0 Å². The maximum atomic E-state index is 12.4. The molecule has 0 bridgehead atoms. The van der Waals surface area contributed by atoms with Crippen LogP contribution >= 0.6 is 0 Å². The molecule has 1 saturated carbocycles. The number of nitrogens with one attached hydrogen (secondary N) is 2. The van der Waals surface area contributed by atoms with Crippen molar-refractivity contribution in [2.75, 3.05) is 4.72 Å². The standard InChI is InChI=1S/C20H24N2O3S/c1-15-7-5-6-10-19(15)21-20(23)16-11-13-18(14-12-16)26(24,25)22-17-8-3-2-4-9-17/h2-4,8-9,11-15,19,22H,5-7,10H2,1H3,(H,21,23). The second-order valence-electron chi connectivity index (χ2n) is 6.84. The molecule has 0 saturated heterocycles. The van der Waals surface area contributed by atoms with E-state index in [9.17, 15) is 13.2 Å². The summed E-state index contributed by atoms with van der Waals surface area (Å²) in [6.07, 6.45) is 4.49. The van der Waals surface area contributed by atoms with Gasteiger partial charge in [-0.15, -0.1) is 0 Å². The molecule has 2 aromatic rings. The summed E-state index contributed by atoms with van der Waals surface area (Å²) in [6.45, 7) is 2.16. The van der Waals surface area contributed by atoms with Gasteiger partial charge in [0.2, 0.25) is 0 Å². The second kappa shape index (κ2) is 7.91. The average Bonchev–Trinajstić information content (AvgIpc) is 2.64. The molecule has 1 aliphatic rings. The van der Waals surface area contributed by atoms with E-state index in [0.717, 1.165) is 19.3 Å². The van der Waals surface area contributed by atoms with Crippen LogP contribution in [0, 0.1) is 5.92 Å². The highest BCUT2D eigenvalue weighted by molar-refractivity contribution is 7.92. The molecular formula is C20H24N2O3S. The van der Waals surface area contributed by atoms with E-state index in [1.165, 1.54) is 18.6 Å². The third-order valence-corrected chi connectivity index (χ3v) is 6.28. The largest absolute Gasteiger partial charge is 0.349 e. The number of anilines is 1. The number of sulfonamides is 1. The van der Waals surface area contributed by atoms with Gasteiger partial charge < -0.3 is 5.32 Å². The van der Waals surface area contributed by atoms with Gasteiger partial charge in [-0.2, -0.15) is 0 Å². The molecule has 2 N–H and O–H groups in total. The molecule has 26 heavy (non-hydrogen) atoms. The molecule has 2 unspecified atom stereocenters. The Labute approximate surface area is 154 Å². The Morgan fingerprint density at radius 2 is 1.62 bits per heavy atom. The van der Waals surface area contributed by atoms with Gasteiger partial charge in [-0.1, -0.05) is 38.0 Å². The van der Waals surface area contributed by atoms with Crippen LogP contribution in [-0.4, -0.2) is 20.4 Å². The highest BCUT2D eigenvalue weighted by Crippen LogP contribution is 2.24. The minimum absolute atomic E-state index is 0.129. The number of amides is 1. The lowest BCUT2D eigenvalue weighted by atomic mass is 9.86. The summed E-state index contributed by atoms with van der Waals surface area (Å²) in [6, 6.07) is 14.9. The summed E-state index contributed by atoms with van der Waals surface area (Å²) >= 11 is 0. The van der Waals surface area contributed by atoms with Crippen molar-refractivity contribution in [2.24, 2.45) is 5.92 Å². The molecule has 0 spiro atoms. The van der Waals surface area contributed by atoms with E-state index in [0.29, 0.717) is 17.2 Å². The minimum atomic E-state index is -3.67. The molecule has 1 aliphatic carbocycles. The van der Waals surface area contributed by atoms with Crippen LogP contribution < -0.4 is 10.0 Å². The van der Waals surface area contributed by atoms with Gasteiger partial charge in [-0.05, 0) is 55.2 Å². The highest BCUT2D eigenvalue weighted by Gasteiger charge is 2.23. The molecule has 2 atom stereocenters. The first-order chi connectivity index (χ1) is 12.5. The van der Waals surface area contributed by atoms with Crippen molar-refractivity contribution in [3.05, 3.63) is 60.2 Å². The van der Waals surface area contributed by atoms with E-state index in [1.54, 1.807) is 36.4 Å². The van der Waals surface area contributed by atoms with Gasteiger partial charge in [0.1, 0.15) is 0 Å². The van der Waals surface area contributed by atoms with Gasteiger partial charge in [-0.3, -0.25) is 9.52 Å². The summed E-state index contributed by atoms with van der Waals surface area (Å²) in [4.78, 5) is 12.6. The van der Waals surface area contributed by atoms with Crippen molar-refractivity contribution >= 4 is 21.6 Å². The lowest BCUT2D eigenvalue weighted by Crippen LogP contribution is -2.41. The Hall–Kier alpha value is -2.34. The van der Waals surface area contributed by atoms with Gasteiger partial charge >= 0.3 is 0 Å². The lowest BCUT2D eigenvalue weighted by Gasteiger charge is -2.29. The van der Waals surface area contributed by atoms with E-state index in [-0.39, 0.29) is 16.8 Å². The third-order valence-electron chi connectivity index (χ3n) is 4.88. The average molecular weight is 372 g/mol. The van der Waals surface area contributed by atoms with Crippen LogP contribution in [0.25, 0.3) is 0 Å². The predicted molar refractivity (Wildman–Crippen MR) is 103 cm³/mol. The maximum Gasteiger partial charge on any atom is 0.261 e. The smallest absolute Gasteiger partial charge is 0.261 e. The quantitative estimate of drug-likeness (QED) is 0.838. The fourth-order valence-corrected chi connectivity index (χ4v) is 4.35. The second-order valence-corrected chi connectivity index (χ2v) is 8.52. The Bertz CT molecular complexity index is 848. The zero-order valence-electron chi connectivity index (χ0n) is 14.8. The van der Waals surface area contributed by atoms with Crippen LogP contribution in [0.4, 0.5) is 5.69 Å². The monoisotopic (exact) mass is 372 g/mol. The number of carbonyl (C=O) groups excluding carboxylic acids is 1. The molecule has 3 rings (SSSR count). The molecule has 6 heteroatoms. The topological polar surface area (TPSA) is 75.3 Å². The van der Waals surface area contributed by atoms with Crippen molar-refractivity contribution in [1.82, 2.24) is 5.32 Å². The van der Waals surface area contributed by atoms with Crippen molar-refractivity contribution in [3.8, 4) is 0 Å². The molecule has 1 amide bonds. The van der Waals surface area contributed by atoms with Crippen LogP contribution in [0.2, 0.25) is 0 Å². The molecule has 2 aromatic carbocycles. The van der Waals surface area contributed by atoms with E-state index in [2.05, 4.69) is 17.0 Å². The Morgan fingerprint density at radius 1 is 0.962 bits per heavy atom. The van der Waals surface area contributed by atoms with Crippen LogP contribution in [0.3, 0.4) is 0 Å². The fourth-order valence-electron chi connectivity index (χ4n) is 3.29. The number of hydrogen-bond acceptors (Lipinski definition) is 3. The first-order valence-corrected chi connectivity index (χ1v) is 10.4. The van der Waals surface area contributed by atoms with Crippen molar-refractivity contribution in [3.63, 3.8) is 0 Å². The number of rotatable bonds is 5. The molecule has 138 valence electrons. The summed E-state index contributed by atoms with van der Waals surface area (Å²) in [5.41, 5.74) is 0.974. The summed E-state index contributed by atoms with van der Waals surface area (Å²) in [5.74, 6) is 0.325. The van der Waals surface area contributed by atoms with Crippen LogP contribution in [0.5, 0.6) is 0 Å². The molecule has 0 radical (unpaired) electrons. The van der Waals surface area contributed by atoms with E-state index < -0.39 is 10.0 Å². The first-order valence-electron chi connectivity index (χ1n) is 8.94. The van der Waals surface area contributed by atoms with Gasteiger partial charge in [0.05, 0.1) is 4.90 Å². The fraction of sp³-hybridized carbons (Fsp3) is 0.350. The summed E-state index contributed by atoms with van der Waals surface area (Å²) in [7, 11) is -3.67. The van der Waals surface area contributed by atoms with Crippen LogP contribution in [0.15, 0.2) is 59.5 Å². The van der Waals surface area contributed by atoms with Gasteiger partial charge in [0, 0.05) is 17.3 Å². The summed E-state index contributed by atoms with van der Waals surface area (Å²) in [5, 5.41) is 3.08. The zero-order chi connectivity index (χ0) is 18.6. The highest BCUT2D eigenvalue weighted by atomic mass is 32.2. The predicted octanol–water partition coefficient (Wildman–Crippen LogP) is 3.80. The number of hydrogen-bond donors (Lipinski definition) is 2. The molecule has 5 nitrogen and oxygen atoms in total. The lowest BCUT2D eigenvalue weighted by molar-refractivity contribution is 0.0910. The zero-order valence-corrected chi connectivity index (χ0v) is 15.6. The number of carbonyl (C=O) groups is 1. The molecular weight excluding hydrogens is 348 g/mol. The molecule has 0 heterocycles. The Kier molecular flexibility index (Phi) is 5.61. The molecule has 0 aromatic heterocycles. The minimum Gasteiger partial charge on any atom is -0.349 e. The Morgan fingerprint density at radius 3 is 2.27 bits per heavy atom. The maximum absolute atomic E-state index is 12.4.